The van der Waals surface area contributed by atoms with Crippen LogP contribution in [0.5, 0.6) is 5.75 Å². The van der Waals surface area contributed by atoms with Crippen LogP contribution in [0.25, 0.3) is 0 Å². The van der Waals surface area contributed by atoms with Crippen LogP contribution in [0.4, 0.5) is 0 Å². The lowest BCUT2D eigenvalue weighted by molar-refractivity contribution is 0.315. The van der Waals surface area contributed by atoms with Gasteiger partial charge in [0.2, 0.25) is 10.0 Å². The number of rotatable bonds is 9. The van der Waals surface area contributed by atoms with E-state index in [9.17, 15) is 8.42 Å². The molecule has 0 spiro atoms. The lowest BCUT2D eigenvalue weighted by Gasteiger charge is -2.09. The highest BCUT2D eigenvalue weighted by Crippen LogP contribution is 2.28. The molecule has 1 saturated carbocycles. The van der Waals surface area contributed by atoms with Crippen molar-refractivity contribution in [2.45, 2.75) is 24.7 Å². The Bertz CT molecular complexity index is 510. The summed E-state index contributed by atoms with van der Waals surface area (Å²) >= 11 is 0. The zero-order valence-electron chi connectivity index (χ0n) is 11.8. The quantitative estimate of drug-likeness (QED) is 0.676. The average Bonchev–Trinajstić information content (AvgIpc) is 3.26. The minimum Gasteiger partial charge on any atom is -0.492 e. The first kappa shape index (κ1) is 15.3. The topological polar surface area (TPSA) is 67.4 Å². The number of benzene rings is 1. The van der Waals surface area contributed by atoms with Crippen molar-refractivity contribution >= 4 is 10.0 Å². The summed E-state index contributed by atoms with van der Waals surface area (Å²) in [5, 5.41) is 3.16. The molecule has 2 N–H and O–H groups in total. The maximum atomic E-state index is 12.0. The van der Waals surface area contributed by atoms with E-state index in [1.165, 1.54) is 0 Å². The Morgan fingerprint density at radius 2 is 1.95 bits per heavy atom. The highest BCUT2D eigenvalue weighted by Gasteiger charge is 2.24. The first-order chi connectivity index (χ1) is 9.62. The summed E-state index contributed by atoms with van der Waals surface area (Å²) in [5.41, 5.74) is 0. The Labute approximate surface area is 120 Å². The molecule has 0 saturated heterocycles. The molecule has 20 heavy (non-hydrogen) atoms. The molecular formula is C14H22N2O3S. The highest BCUT2D eigenvalue weighted by atomic mass is 32.2. The SMILES string of the molecule is CCNCCOc1ccc(S(=O)(=O)NCC2CC2)cc1. The number of ether oxygens (including phenoxy) is 1. The van der Waals surface area contributed by atoms with Gasteiger partial charge in [-0.25, -0.2) is 13.1 Å². The van der Waals surface area contributed by atoms with Crippen LogP contribution in [-0.4, -0.2) is 34.7 Å². The molecule has 0 aliphatic heterocycles. The van der Waals surface area contributed by atoms with Gasteiger partial charge in [-0.2, -0.15) is 0 Å². The summed E-state index contributed by atoms with van der Waals surface area (Å²) in [4.78, 5) is 0.289. The standard InChI is InChI=1S/C14H22N2O3S/c1-2-15-9-10-19-13-5-7-14(8-6-13)20(17,18)16-11-12-3-4-12/h5-8,12,15-16H,2-4,9-11H2,1H3. The summed E-state index contributed by atoms with van der Waals surface area (Å²) in [6, 6.07) is 6.55. The third-order valence-corrected chi connectivity index (χ3v) is 4.63. The maximum absolute atomic E-state index is 12.0. The summed E-state index contributed by atoms with van der Waals surface area (Å²) in [6.07, 6.45) is 2.25. The molecule has 0 unspecified atom stereocenters. The van der Waals surface area contributed by atoms with Crippen molar-refractivity contribution in [3.8, 4) is 5.75 Å². The molecule has 0 heterocycles. The van der Waals surface area contributed by atoms with Crippen LogP contribution in [0.3, 0.4) is 0 Å². The van der Waals surface area contributed by atoms with Crippen LogP contribution in [0.1, 0.15) is 19.8 Å². The molecule has 0 bridgehead atoms. The summed E-state index contributed by atoms with van der Waals surface area (Å²) in [6.45, 7) is 4.84. The fourth-order valence-corrected chi connectivity index (χ4v) is 2.88. The van der Waals surface area contributed by atoms with Gasteiger partial charge < -0.3 is 10.1 Å². The minimum atomic E-state index is -3.38. The molecule has 0 atom stereocenters. The Hall–Kier alpha value is -1.11. The largest absolute Gasteiger partial charge is 0.492 e. The van der Waals surface area contributed by atoms with E-state index in [0.717, 1.165) is 25.9 Å². The van der Waals surface area contributed by atoms with Gasteiger partial charge >= 0.3 is 0 Å². The molecule has 112 valence electrons. The number of hydrogen-bond acceptors (Lipinski definition) is 4. The summed E-state index contributed by atoms with van der Waals surface area (Å²) in [5.74, 6) is 1.21. The molecule has 0 aromatic heterocycles. The third kappa shape index (κ3) is 4.77. The molecule has 2 rings (SSSR count). The van der Waals surface area contributed by atoms with Crippen molar-refractivity contribution in [1.29, 1.82) is 0 Å². The molecule has 0 radical (unpaired) electrons. The normalized spacial score (nSPS) is 15.2. The van der Waals surface area contributed by atoms with E-state index in [0.29, 0.717) is 24.8 Å². The van der Waals surface area contributed by atoms with Crippen LogP contribution in [0.15, 0.2) is 29.2 Å². The molecule has 0 amide bonds. The van der Waals surface area contributed by atoms with E-state index in [-0.39, 0.29) is 4.90 Å². The Morgan fingerprint density at radius 1 is 1.25 bits per heavy atom. The predicted molar refractivity (Wildman–Crippen MR) is 78.4 cm³/mol. The van der Waals surface area contributed by atoms with Gasteiger partial charge in [0.1, 0.15) is 12.4 Å². The second-order valence-electron chi connectivity index (χ2n) is 4.97. The average molecular weight is 298 g/mol. The van der Waals surface area contributed by atoms with E-state index in [1.807, 2.05) is 6.92 Å². The van der Waals surface area contributed by atoms with E-state index in [4.69, 9.17) is 4.74 Å². The van der Waals surface area contributed by atoms with Gasteiger partial charge in [0.25, 0.3) is 0 Å². The van der Waals surface area contributed by atoms with Crippen LogP contribution >= 0.6 is 0 Å². The lowest BCUT2D eigenvalue weighted by Crippen LogP contribution is -2.25. The third-order valence-electron chi connectivity index (χ3n) is 3.19. The van der Waals surface area contributed by atoms with Crippen LogP contribution in [-0.2, 0) is 10.0 Å². The smallest absolute Gasteiger partial charge is 0.240 e. The fourth-order valence-electron chi connectivity index (χ4n) is 1.77. The molecule has 6 heteroatoms. The van der Waals surface area contributed by atoms with Crippen LogP contribution in [0, 0.1) is 5.92 Å². The lowest BCUT2D eigenvalue weighted by atomic mass is 10.3. The molecule has 1 aliphatic rings. The molecule has 1 aromatic rings. The van der Waals surface area contributed by atoms with Crippen molar-refractivity contribution < 1.29 is 13.2 Å². The second kappa shape index (κ2) is 7.06. The van der Waals surface area contributed by atoms with Crippen molar-refractivity contribution in [3.05, 3.63) is 24.3 Å². The van der Waals surface area contributed by atoms with Gasteiger partial charge in [-0.1, -0.05) is 6.92 Å². The zero-order valence-corrected chi connectivity index (χ0v) is 12.6. The predicted octanol–water partition coefficient (Wildman–Crippen LogP) is 1.36. The van der Waals surface area contributed by atoms with E-state index >= 15 is 0 Å². The van der Waals surface area contributed by atoms with Crippen LogP contribution in [0.2, 0.25) is 0 Å². The number of hydrogen-bond donors (Lipinski definition) is 2. The molecular weight excluding hydrogens is 276 g/mol. The van der Waals surface area contributed by atoms with Crippen molar-refractivity contribution in [1.82, 2.24) is 10.0 Å². The van der Waals surface area contributed by atoms with E-state index in [1.54, 1.807) is 24.3 Å². The Morgan fingerprint density at radius 3 is 2.55 bits per heavy atom. The number of likely N-dealkylation sites (N-methyl/N-ethyl adjacent to an activating group) is 1. The summed E-state index contributed by atoms with van der Waals surface area (Å²) in [7, 11) is -3.38. The van der Waals surface area contributed by atoms with Crippen molar-refractivity contribution in [2.24, 2.45) is 5.92 Å². The highest BCUT2D eigenvalue weighted by molar-refractivity contribution is 7.89. The van der Waals surface area contributed by atoms with Crippen LogP contribution < -0.4 is 14.8 Å². The van der Waals surface area contributed by atoms with E-state index < -0.39 is 10.0 Å². The first-order valence-electron chi connectivity index (χ1n) is 7.05. The monoisotopic (exact) mass is 298 g/mol. The number of nitrogens with one attached hydrogen (secondary N) is 2. The van der Waals surface area contributed by atoms with Gasteiger partial charge in [-0.3, -0.25) is 0 Å². The molecule has 1 aromatic carbocycles. The van der Waals surface area contributed by atoms with Crippen molar-refractivity contribution in [3.63, 3.8) is 0 Å². The van der Waals surface area contributed by atoms with Gasteiger partial charge in [0, 0.05) is 13.1 Å². The number of sulfonamides is 1. The first-order valence-corrected chi connectivity index (χ1v) is 8.53. The zero-order chi connectivity index (χ0) is 14.4. The fraction of sp³-hybridized carbons (Fsp3) is 0.571. The maximum Gasteiger partial charge on any atom is 0.240 e. The minimum absolute atomic E-state index is 0.289. The molecule has 1 fully saturated rings. The summed E-state index contributed by atoms with van der Waals surface area (Å²) < 4.78 is 32.2. The van der Waals surface area contributed by atoms with E-state index in [2.05, 4.69) is 10.0 Å². The Balaban J connectivity index is 1.86. The van der Waals surface area contributed by atoms with Crippen molar-refractivity contribution in [2.75, 3.05) is 26.2 Å². The van der Waals surface area contributed by atoms with Gasteiger partial charge in [-0.15, -0.1) is 0 Å². The van der Waals surface area contributed by atoms with Gasteiger partial charge in [0.15, 0.2) is 0 Å². The van der Waals surface area contributed by atoms with Gasteiger partial charge in [-0.05, 0) is 49.6 Å². The molecule has 1 aliphatic carbocycles. The Kier molecular flexibility index (Phi) is 5.39. The molecule has 5 nitrogen and oxygen atoms in total. The second-order valence-corrected chi connectivity index (χ2v) is 6.74. The van der Waals surface area contributed by atoms with Gasteiger partial charge in [0.05, 0.1) is 4.90 Å².